The number of hydrogen-bond acceptors (Lipinski definition) is 4. The summed E-state index contributed by atoms with van der Waals surface area (Å²) in [4.78, 5) is 10.9. The van der Waals surface area contributed by atoms with Crippen LogP contribution in [0.1, 0.15) is 22.9 Å². The Morgan fingerprint density at radius 1 is 0.520 bits per heavy atom. The summed E-state index contributed by atoms with van der Waals surface area (Å²) in [7, 11) is 0. The highest BCUT2D eigenvalue weighted by atomic mass is 16.5. The molecular formula is C45H25N3O2. The van der Waals surface area contributed by atoms with E-state index in [0.717, 1.165) is 72.6 Å². The second kappa shape index (κ2) is 9.46. The number of ether oxygens (including phenoxy) is 1. The molecule has 7 aromatic carbocycles. The summed E-state index contributed by atoms with van der Waals surface area (Å²) >= 11 is 0. The molecule has 0 spiro atoms. The van der Waals surface area contributed by atoms with Gasteiger partial charge in [0.05, 0.1) is 33.5 Å². The van der Waals surface area contributed by atoms with Crippen molar-refractivity contribution in [2.75, 3.05) is 0 Å². The van der Waals surface area contributed by atoms with Gasteiger partial charge in [-0.2, -0.15) is 0 Å². The molecule has 5 heteroatoms. The number of furan rings is 1. The van der Waals surface area contributed by atoms with Crippen molar-refractivity contribution in [1.82, 2.24) is 14.5 Å². The van der Waals surface area contributed by atoms with Gasteiger partial charge in [0.1, 0.15) is 28.5 Å². The first-order valence-electron chi connectivity index (χ1n) is 17.0. The Bertz CT molecular complexity index is 3080. The SMILES string of the molecule is c1ccc(-n2c3ccccc3c3c4c(ccc32)-c2c(ccc3oc5ccccc5c23)C4c2nc3c4c(cccc4n2)Oc2ccccc2-3)cc1. The second-order valence-corrected chi connectivity index (χ2v) is 13.2. The van der Waals surface area contributed by atoms with Gasteiger partial charge < -0.3 is 13.7 Å². The van der Waals surface area contributed by atoms with E-state index in [4.69, 9.17) is 19.1 Å². The van der Waals surface area contributed by atoms with Crippen LogP contribution in [0.5, 0.6) is 11.5 Å². The van der Waals surface area contributed by atoms with Crippen molar-refractivity contribution in [1.29, 1.82) is 0 Å². The van der Waals surface area contributed by atoms with E-state index in [0.29, 0.717) is 0 Å². The van der Waals surface area contributed by atoms with E-state index < -0.39 is 0 Å². The normalized spacial score (nSPS) is 14.4. The predicted octanol–water partition coefficient (Wildman–Crippen LogP) is 11.6. The Hall–Kier alpha value is -6.72. The van der Waals surface area contributed by atoms with E-state index in [9.17, 15) is 0 Å². The molecule has 5 nitrogen and oxygen atoms in total. The Balaban J connectivity index is 1.26. The van der Waals surface area contributed by atoms with E-state index >= 15 is 0 Å². The van der Waals surface area contributed by atoms with Crippen LogP contribution < -0.4 is 4.74 Å². The van der Waals surface area contributed by atoms with Crippen LogP contribution in [0.4, 0.5) is 0 Å². The maximum Gasteiger partial charge on any atom is 0.141 e. The fourth-order valence-corrected chi connectivity index (χ4v) is 8.70. The Kier molecular flexibility index (Phi) is 4.97. The van der Waals surface area contributed by atoms with Crippen molar-refractivity contribution in [3.8, 4) is 39.6 Å². The lowest BCUT2D eigenvalue weighted by Crippen LogP contribution is -2.09. The molecule has 0 radical (unpaired) electrons. The molecule has 10 aromatic rings. The summed E-state index contributed by atoms with van der Waals surface area (Å²) in [6.07, 6.45) is 0. The highest BCUT2D eigenvalue weighted by molar-refractivity contribution is 6.19. The summed E-state index contributed by atoms with van der Waals surface area (Å²) in [5.41, 5.74) is 12.8. The number of hydrogen-bond donors (Lipinski definition) is 0. The average molecular weight is 640 g/mol. The molecule has 1 aliphatic carbocycles. The molecule has 0 saturated carbocycles. The first-order valence-corrected chi connectivity index (χ1v) is 17.0. The van der Waals surface area contributed by atoms with Crippen LogP contribution in [-0.2, 0) is 0 Å². The molecule has 0 N–H and O–H groups in total. The molecule has 1 atom stereocenters. The minimum Gasteiger partial charge on any atom is -0.456 e. The molecule has 232 valence electrons. The minimum absolute atomic E-state index is 0.226. The van der Waals surface area contributed by atoms with Crippen molar-refractivity contribution in [3.05, 3.63) is 163 Å². The zero-order valence-corrected chi connectivity index (χ0v) is 26.6. The van der Waals surface area contributed by atoms with Crippen LogP contribution in [0.3, 0.4) is 0 Å². The van der Waals surface area contributed by atoms with E-state index in [1.165, 1.54) is 38.5 Å². The Morgan fingerprint density at radius 2 is 1.32 bits per heavy atom. The van der Waals surface area contributed by atoms with Gasteiger partial charge in [0, 0.05) is 32.8 Å². The van der Waals surface area contributed by atoms with Gasteiger partial charge in [-0.05, 0) is 82.9 Å². The smallest absolute Gasteiger partial charge is 0.141 e. The zero-order valence-electron chi connectivity index (χ0n) is 26.6. The van der Waals surface area contributed by atoms with Crippen molar-refractivity contribution in [3.63, 3.8) is 0 Å². The molecule has 12 rings (SSSR count). The molecule has 3 aromatic heterocycles. The maximum atomic E-state index is 6.46. The molecule has 0 amide bonds. The lowest BCUT2D eigenvalue weighted by molar-refractivity contribution is 0.486. The first kappa shape index (κ1) is 26.3. The quantitative estimate of drug-likeness (QED) is 0.189. The van der Waals surface area contributed by atoms with Crippen LogP contribution in [-0.4, -0.2) is 14.5 Å². The molecule has 1 unspecified atom stereocenters. The predicted molar refractivity (Wildman–Crippen MR) is 199 cm³/mol. The van der Waals surface area contributed by atoms with Crippen molar-refractivity contribution in [2.24, 2.45) is 0 Å². The third-order valence-electron chi connectivity index (χ3n) is 10.7. The fourth-order valence-electron chi connectivity index (χ4n) is 8.70. The third-order valence-corrected chi connectivity index (χ3v) is 10.7. The molecule has 0 bridgehead atoms. The number of nitrogens with zero attached hydrogens (tertiary/aromatic N) is 3. The lowest BCUT2D eigenvalue weighted by atomic mass is 9.91. The van der Waals surface area contributed by atoms with Crippen molar-refractivity contribution >= 4 is 54.6 Å². The van der Waals surface area contributed by atoms with Gasteiger partial charge >= 0.3 is 0 Å². The van der Waals surface area contributed by atoms with Crippen LogP contribution in [0, 0.1) is 0 Å². The van der Waals surface area contributed by atoms with Crippen LogP contribution in [0.15, 0.2) is 150 Å². The van der Waals surface area contributed by atoms with Crippen molar-refractivity contribution < 1.29 is 9.15 Å². The second-order valence-electron chi connectivity index (χ2n) is 13.2. The summed E-state index contributed by atoms with van der Waals surface area (Å²) < 4.78 is 15.2. The summed E-state index contributed by atoms with van der Waals surface area (Å²) in [6.45, 7) is 0. The third kappa shape index (κ3) is 3.31. The van der Waals surface area contributed by atoms with E-state index in [-0.39, 0.29) is 5.92 Å². The van der Waals surface area contributed by atoms with E-state index in [2.05, 4.69) is 114 Å². The van der Waals surface area contributed by atoms with Gasteiger partial charge in [-0.25, -0.2) is 9.97 Å². The number of benzene rings is 7. The Morgan fingerprint density at radius 3 is 2.26 bits per heavy atom. The number of para-hydroxylation sites is 4. The monoisotopic (exact) mass is 639 g/mol. The average Bonchev–Trinajstić information content (AvgIpc) is 3.82. The molecule has 0 fully saturated rings. The number of aromatic nitrogens is 3. The topological polar surface area (TPSA) is 53.1 Å². The van der Waals surface area contributed by atoms with E-state index in [1.807, 2.05) is 36.4 Å². The standard InChI is InChI=1S/C45H25N3O2/c1-2-11-25(12-3-1)48-32-17-7-4-13-26(32)39-33(48)23-21-29-38-30(22-24-37-40(38)27-14-5-8-18-34(27)49-37)42(41(29)39)45-46-31-16-10-20-36-43(31)44(47-45)28-15-6-9-19-35(28)50-36/h1-24,42H. The van der Waals surface area contributed by atoms with Crippen LogP contribution >= 0.6 is 0 Å². The first-order chi connectivity index (χ1) is 24.8. The zero-order chi connectivity index (χ0) is 32.5. The van der Waals surface area contributed by atoms with Crippen LogP contribution in [0.2, 0.25) is 0 Å². The summed E-state index contributed by atoms with van der Waals surface area (Å²) in [6, 6.07) is 51.0. The molecule has 0 saturated heterocycles. The maximum absolute atomic E-state index is 6.46. The van der Waals surface area contributed by atoms with Gasteiger partial charge in [0.15, 0.2) is 0 Å². The minimum atomic E-state index is -0.226. The van der Waals surface area contributed by atoms with Crippen LogP contribution in [0.25, 0.3) is 82.7 Å². The Labute approximate surface area is 285 Å². The highest BCUT2D eigenvalue weighted by Gasteiger charge is 2.38. The molecule has 4 heterocycles. The van der Waals surface area contributed by atoms with Crippen molar-refractivity contribution in [2.45, 2.75) is 5.92 Å². The van der Waals surface area contributed by atoms with Gasteiger partial charge in [-0.1, -0.05) is 84.9 Å². The fraction of sp³-hybridized carbons (Fsp3) is 0.0222. The van der Waals surface area contributed by atoms with E-state index in [1.54, 1.807) is 0 Å². The summed E-state index contributed by atoms with van der Waals surface area (Å²) in [5, 5.41) is 5.62. The molecule has 50 heavy (non-hydrogen) atoms. The van der Waals surface area contributed by atoms with Gasteiger partial charge in [0.2, 0.25) is 0 Å². The molecular weight excluding hydrogens is 615 g/mol. The lowest BCUT2D eigenvalue weighted by Gasteiger charge is -2.22. The molecule has 1 aliphatic heterocycles. The largest absolute Gasteiger partial charge is 0.456 e. The number of rotatable bonds is 2. The summed E-state index contributed by atoms with van der Waals surface area (Å²) in [5.74, 6) is 2.15. The molecule has 2 aliphatic rings. The van der Waals surface area contributed by atoms with Gasteiger partial charge in [-0.3, -0.25) is 0 Å². The number of fused-ring (bicyclic) bond motifs is 13. The van der Waals surface area contributed by atoms with Gasteiger partial charge in [0.25, 0.3) is 0 Å². The highest BCUT2D eigenvalue weighted by Crippen LogP contribution is 2.56. The van der Waals surface area contributed by atoms with Gasteiger partial charge in [-0.15, -0.1) is 0 Å².